The van der Waals surface area contributed by atoms with Crippen molar-refractivity contribution < 1.29 is 19.8 Å². The molecule has 6 nitrogen and oxygen atoms in total. The lowest BCUT2D eigenvalue weighted by Gasteiger charge is -2.31. The van der Waals surface area contributed by atoms with Gasteiger partial charge in [0.15, 0.2) is 0 Å². The van der Waals surface area contributed by atoms with Crippen LogP contribution in [0.5, 0.6) is 0 Å². The van der Waals surface area contributed by atoms with E-state index in [0.29, 0.717) is 6.42 Å². The van der Waals surface area contributed by atoms with Gasteiger partial charge in [-0.3, -0.25) is 4.79 Å². The van der Waals surface area contributed by atoms with Crippen LogP contribution in [0, 0.1) is 11.3 Å². The third-order valence-electron chi connectivity index (χ3n) is 2.76. The van der Waals surface area contributed by atoms with Gasteiger partial charge >= 0.3 is 12.0 Å². The molecule has 0 aliphatic carbocycles. The van der Waals surface area contributed by atoms with Crippen LogP contribution >= 0.6 is 0 Å². The first kappa shape index (κ1) is 16.7. The summed E-state index contributed by atoms with van der Waals surface area (Å²) in [4.78, 5) is 22.2. The number of aliphatic carboxylic acids is 1. The number of rotatable bonds is 6. The summed E-state index contributed by atoms with van der Waals surface area (Å²) in [6, 6.07) is -0.570. The number of nitrogens with one attached hydrogen (secondary N) is 2. The number of carboxylic acids is 1. The molecule has 0 rings (SSSR count). The number of aliphatic hydroxyl groups is 1. The lowest BCUT2D eigenvalue weighted by molar-refractivity contribution is -0.140. The fourth-order valence-corrected chi connectivity index (χ4v) is 1.39. The predicted molar refractivity (Wildman–Crippen MR) is 68.3 cm³/mol. The Balaban J connectivity index is 4.23. The fraction of sp³-hybridized carbons (Fsp3) is 0.833. The summed E-state index contributed by atoms with van der Waals surface area (Å²) in [5, 5.41) is 22.9. The van der Waals surface area contributed by atoms with E-state index in [1.54, 1.807) is 0 Å². The first-order chi connectivity index (χ1) is 8.18. The van der Waals surface area contributed by atoms with Gasteiger partial charge in [0.25, 0.3) is 0 Å². The molecule has 2 amide bonds. The van der Waals surface area contributed by atoms with Crippen LogP contribution in [-0.4, -0.2) is 41.4 Å². The van der Waals surface area contributed by atoms with E-state index in [4.69, 9.17) is 10.2 Å². The third kappa shape index (κ3) is 6.44. The second-order valence-electron chi connectivity index (χ2n) is 5.52. The highest BCUT2D eigenvalue weighted by molar-refractivity contribution is 5.76. The molecular weight excluding hydrogens is 236 g/mol. The Bertz CT molecular complexity index is 286. The van der Waals surface area contributed by atoms with Crippen molar-refractivity contribution in [1.29, 1.82) is 0 Å². The van der Waals surface area contributed by atoms with Gasteiger partial charge < -0.3 is 20.8 Å². The molecule has 6 heteroatoms. The van der Waals surface area contributed by atoms with Gasteiger partial charge in [0.2, 0.25) is 0 Å². The van der Waals surface area contributed by atoms with Crippen LogP contribution < -0.4 is 10.6 Å². The van der Waals surface area contributed by atoms with Gasteiger partial charge in [-0.25, -0.2) is 4.79 Å². The monoisotopic (exact) mass is 260 g/mol. The zero-order valence-corrected chi connectivity index (χ0v) is 11.5. The standard InChI is InChI=1S/C12H24N2O4/c1-8(10(16)17)7-13-11(18)14-9(5-6-15)12(2,3)4/h8-9,15H,5-7H2,1-4H3,(H,16,17)(H2,13,14,18). The minimum atomic E-state index is -0.946. The van der Waals surface area contributed by atoms with E-state index in [1.165, 1.54) is 6.92 Å². The number of hydrogen-bond acceptors (Lipinski definition) is 3. The maximum absolute atomic E-state index is 11.6. The van der Waals surface area contributed by atoms with Crippen molar-refractivity contribution in [2.24, 2.45) is 11.3 Å². The van der Waals surface area contributed by atoms with Crippen LogP contribution in [0.25, 0.3) is 0 Å². The van der Waals surface area contributed by atoms with Gasteiger partial charge in [0, 0.05) is 19.2 Å². The van der Waals surface area contributed by atoms with Crippen LogP contribution in [0.2, 0.25) is 0 Å². The third-order valence-corrected chi connectivity index (χ3v) is 2.76. The summed E-state index contributed by atoms with van der Waals surface area (Å²) < 4.78 is 0. The summed E-state index contributed by atoms with van der Waals surface area (Å²) in [5.74, 6) is -1.57. The lowest BCUT2D eigenvalue weighted by Crippen LogP contribution is -2.49. The maximum atomic E-state index is 11.6. The molecule has 0 aromatic heterocycles. The largest absolute Gasteiger partial charge is 0.481 e. The first-order valence-electron chi connectivity index (χ1n) is 6.06. The summed E-state index contributed by atoms with van der Waals surface area (Å²) in [6.45, 7) is 7.50. The number of carbonyl (C=O) groups is 2. The maximum Gasteiger partial charge on any atom is 0.315 e. The molecule has 0 bridgehead atoms. The average Bonchev–Trinajstić information content (AvgIpc) is 2.23. The van der Waals surface area contributed by atoms with Crippen molar-refractivity contribution in [3.8, 4) is 0 Å². The number of hydrogen-bond donors (Lipinski definition) is 4. The Morgan fingerprint density at radius 2 is 1.83 bits per heavy atom. The van der Waals surface area contributed by atoms with Gasteiger partial charge in [-0.2, -0.15) is 0 Å². The molecule has 0 aromatic carbocycles. The van der Waals surface area contributed by atoms with Crippen molar-refractivity contribution in [2.45, 2.75) is 40.2 Å². The van der Waals surface area contributed by atoms with Crippen molar-refractivity contribution in [1.82, 2.24) is 10.6 Å². The number of amides is 2. The van der Waals surface area contributed by atoms with E-state index in [1.807, 2.05) is 20.8 Å². The lowest BCUT2D eigenvalue weighted by atomic mass is 9.85. The molecule has 106 valence electrons. The average molecular weight is 260 g/mol. The molecular formula is C12H24N2O4. The van der Waals surface area contributed by atoms with Crippen LogP contribution in [0.4, 0.5) is 4.79 Å². The smallest absolute Gasteiger partial charge is 0.315 e. The summed E-state index contributed by atoms with van der Waals surface area (Å²) in [7, 11) is 0. The number of urea groups is 1. The second kappa shape index (κ2) is 7.20. The number of carbonyl (C=O) groups excluding carboxylic acids is 1. The van der Waals surface area contributed by atoms with Gasteiger partial charge in [0.05, 0.1) is 5.92 Å². The molecule has 0 radical (unpaired) electrons. The number of aliphatic hydroxyl groups excluding tert-OH is 1. The van der Waals surface area contributed by atoms with Crippen LogP contribution in [0.3, 0.4) is 0 Å². The van der Waals surface area contributed by atoms with Gasteiger partial charge in [-0.1, -0.05) is 27.7 Å². The molecule has 0 heterocycles. The number of carboxylic acid groups (broad SMARTS) is 1. The highest BCUT2D eigenvalue weighted by Crippen LogP contribution is 2.21. The molecule has 0 spiro atoms. The first-order valence-corrected chi connectivity index (χ1v) is 6.06. The highest BCUT2D eigenvalue weighted by atomic mass is 16.4. The Morgan fingerprint density at radius 3 is 2.22 bits per heavy atom. The molecule has 0 saturated carbocycles. The van der Waals surface area contributed by atoms with Crippen LogP contribution in [-0.2, 0) is 4.79 Å². The molecule has 0 saturated heterocycles. The van der Waals surface area contributed by atoms with E-state index < -0.39 is 17.9 Å². The molecule has 18 heavy (non-hydrogen) atoms. The van der Waals surface area contributed by atoms with E-state index in [9.17, 15) is 9.59 Å². The minimum Gasteiger partial charge on any atom is -0.481 e. The highest BCUT2D eigenvalue weighted by Gasteiger charge is 2.25. The summed E-state index contributed by atoms with van der Waals surface area (Å²) in [6.07, 6.45) is 0.464. The molecule has 2 atom stereocenters. The van der Waals surface area contributed by atoms with E-state index in [0.717, 1.165) is 0 Å². The molecule has 0 fully saturated rings. The summed E-state index contributed by atoms with van der Waals surface area (Å²) >= 11 is 0. The quantitative estimate of drug-likeness (QED) is 0.568. The summed E-state index contributed by atoms with van der Waals surface area (Å²) in [5.41, 5.74) is -0.168. The Hall–Kier alpha value is -1.30. The van der Waals surface area contributed by atoms with Gasteiger partial charge in [-0.15, -0.1) is 0 Å². The van der Waals surface area contributed by atoms with Crippen LogP contribution in [0.1, 0.15) is 34.1 Å². The Kier molecular flexibility index (Phi) is 6.68. The van der Waals surface area contributed by atoms with Crippen molar-refractivity contribution in [3.05, 3.63) is 0 Å². The van der Waals surface area contributed by atoms with Crippen molar-refractivity contribution >= 4 is 12.0 Å². The van der Waals surface area contributed by atoms with Gasteiger partial charge in [-0.05, 0) is 11.8 Å². The van der Waals surface area contributed by atoms with Crippen LogP contribution in [0.15, 0.2) is 0 Å². The molecule has 0 aliphatic rings. The molecule has 2 unspecified atom stereocenters. The Morgan fingerprint density at radius 1 is 1.28 bits per heavy atom. The molecule has 0 aliphatic heterocycles. The minimum absolute atomic E-state index is 0.00620. The van der Waals surface area contributed by atoms with Crippen molar-refractivity contribution in [2.75, 3.05) is 13.2 Å². The SMILES string of the molecule is CC(CNC(=O)NC(CCO)C(C)(C)C)C(=O)O. The molecule has 0 aromatic rings. The predicted octanol–water partition coefficient (Wildman–Crippen LogP) is 0.803. The fourth-order valence-electron chi connectivity index (χ4n) is 1.39. The molecule has 4 N–H and O–H groups in total. The van der Waals surface area contributed by atoms with E-state index in [2.05, 4.69) is 10.6 Å². The van der Waals surface area contributed by atoms with Crippen molar-refractivity contribution in [3.63, 3.8) is 0 Å². The topological polar surface area (TPSA) is 98.7 Å². The zero-order valence-electron chi connectivity index (χ0n) is 11.5. The normalized spacial score (nSPS) is 14.7. The Labute approximate surface area is 108 Å². The van der Waals surface area contributed by atoms with E-state index >= 15 is 0 Å². The van der Waals surface area contributed by atoms with E-state index in [-0.39, 0.29) is 24.6 Å². The zero-order chi connectivity index (χ0) is 14.3. The van der Waals surface area contributed by atoms with Gasteiger partial charge in [0.1, 0.15) is 0 Å². The second-order valence-corrected chi connectivity index (χ2v) is 5.52.